The number of carbonyl (C=O) groups excluding carboxylic acids is 3. The molecule has 2 aromatic rings. The Labute approximate surface area is 162 Å². The van der Waals surface area contributed by atoms with Gasteiger partial charge >= 0.3 is 0 Å². The highest BCUT2D eigenvalue weighted by molar-refractivity contribution is 6.08. The number of hydrogen-bond donors (Lipinski definition) is 3. The lowest BCUT2D eigenvalue weighted by Crippen LogP contribution is -2.35. The summed E-state index contributed by atoms with van der Waals surface area (Å²) in [6.07, 6.45) is 2.23. The first-order valence-corrected chi connectivity index (χ1v) is 8.82. The van der Waals surface area contributed by atoms with Crippen LogP contribution >= 0.6 is 0 Å². The number of hydrogen-bond acceptors (Lipinski definition) is 4. The molecule has 0 fully saturated rings. The zero-order valence-electron chi connectivity index (χ0n) is 15.4. The minimum atomic E-state index is -1.04. The van der Waals surface area contributed by atoms with Crippen LogP contribution in [0.15, 0.2) is 48.5 Å². The van der Waals surface area contributed by atoms with E-state index < -0.39 is 17.9 Å². The highest BCUT2D eigenvalue weighted by atomic mass is 16.5. The molecule has 2 bridgehead atoms. The lowest BCUT2D eigenvalue weighted by molar-refractivity contribution is -0.132. The van der Waals surface area contributed by atoms with E-state index in [4.69, 9.17) is 10.5 Å². The van der Waals surface area contributed by atoms with Crippen molar-refractivity contribution in [1.82, 2.24) is 0 Å². The number of amides is 3. The van der Waals surface area contributed by atoms with Gasteiger partial charge in [-0.3, -0.25) is 14.4 Å². The molecule has 0 radical (unpaired) electrons. The van der Waals surface area contributed by atoms with E-state index >= 15 is 0 Å². The highest BCUT2D eigenvalue weighted by Gasteiger charge is 2.22. The lowest BCUT2D eigenvalue weighted by atomic mass is 10.1. The molecule has 0 aliphatic carbocycles. The van der Waals surface area contributed by atoms with Gasteiger partial charge in [0.1, 0.15) is 6.10 Å². The van der Waals surface area contributed by atoms with Gasteiger partial charge in [-0.1, -0.05) is 30.4 Å². The Hall–Kier alpha value is -3.45. The van der Waals surface area contributed by atoms with E-state index in [1.54, 1.807) is 48.6 Å². The molecule has 3 rings (SSSR count). The summed E-state index contributed by atoms with van der Waals surface area (Å²) in [5.41, 5.74) is 8.36. The van der Waals surface area contributed by atoms with E-state index in [9.17, 15) is 14.4 Å². The Morgan fingerprint density at radius 1 is 1.14 bits per heavy atom. The number of benzene rings is 2. The topological polar surface area (TPSA) is 111 Å². The summed E-state index contributed by atoms with van der Waals surface area (Å²) in [6.45, 7) is 2.02. The molecule has 1 aliphatic rings. The predicted octanol–water partition coefficient (Wildman–Crippen LogP) is 2.47. The summed E-state index contributed by atoms with van der Waals surface area (Å²) in [4.78, 5) is 36.6. The van der Waals surface area contributed by atoms with Crippen molar-refractivity contribution in [2.24, 2.45) is 5.73 Å². The second-order valence-corrected chi connectivity index (χ2v) is 6.52. The number of fused-ring (bicyclic) bond motifs is 3. The second-order valence-electron chi connectivity index (χ2n) is 6.52. The van der Waals surface area contributed by atoms with Gasteiger partial charge in [-0.25, -0.2) is 0 Å². The van der Waals surface area contributed by atoms with Crippen LogP contribution in [0.5, 0.6) is 0 Å². The van der Waals surface area contributed by atoms with Crippen molar-refractivity contribution in [3.05, 3.63) is 65.2 Å². The van der Waals surface area contributed by atoms with Gasteiger partial charge < -0.3 is 21.1 Å². The number of nitrogens with two attached hydrogens (primary N) is 1. The van der Waals surface area contributed by atoms with Gasteiger partial charge in [0.05, 0.1) is 24.4 Å². The highest BCUT2D eigenvalue weighted by Crippen LogP contribution is 2.23. The van der Waals surface area contributed by atoms with Crippen molar-refractivity contribution >= 4 is 35.2 Å². The third-order valence-electron chi connectivity index (χ3n) is 4.18. The normalized spacial score (nSPS) is 17.1. The van der Waals surface area contributed by atoms with Crippen LogP contribution in [0.25, 0.3) is 6.08 Å². The number of carbonyl (C=O) groups is 3. The van der Waals surface area contributed by atoms with E-state index in [0.29, 0.717) is 16.9 Å². The first kappa shape index (κ1) is 19.3. The van der Waals surface area contributed by atoms with Gasteiger partial charge in [0.15, 0.2) is 0 Å². The Balaban J connectivity index is 2.01. The van der Waals surface area contributed by atoms with E-state index in [0.717, 1.165) is 11.1 Å². The van der Waals surface area contributed by atoms with Gasteiger partial charge in [-0.05, 0) is 42.3 Å². The molecule has 0 aromatic heterocycles. The molecule has 4 N–H and O–H groups in total. The standard InChI is InChI=1S/C21H21N3O4/c1-13-9-14-5-4-8-28-18(12-19(22)25)21(27)24-17-7-3-2-6-16(17)23-20(26)15(10-13)11-14/h2-7,9-11,18H,8,12H2,1H3,(H2,22,25)(H,23,26)(H,24,27)/t18-/m0/s1. The molecule has 1 atom stereocenters. The molecule has 1 aliphatic heterocycles. The number of anilines is 2. The Morgan fingerprint density at radius 3 is 2.57 bits per heavy atom. The van der Waals surface area contributed by atoms with Crippen LogP contribution in [0.3, 0.4) is 0 Å². The number of para-hydroxylation sites is 2. The van der Waals surface area contributed by atoms with Crippen LogP contribution < -0.4 is 16.4 Å². The summed E-state index contributed by atoms with van der Waals surface area (Å²) in [7, 11) is 0. The van der Waals surface area contributed by atoms with Crippen molar-refractivity contribution < 1.29 is 19.1 Å². The van der Waals surface area contributed by atoms with E-state index in [1.807, 2.05) is 13.0 Å². The first-order valence-electron chi connectivity index (χ1n) is 8.82. The third kappa shape index (κ3) is 4.83. The number of rotatable bonds is 2. The molecule has 1 heterocycles. The van der Waals surface area contributed by atoms with Crippen LogP contribution in [0, 0.1) is 6.92 Å². The smallest absolute Gasteiger partial charge is 0.255 e. The molecule has 0 spiro atoms. The van der Waals surface area contributed by atoms with Crippen molar-refractivity contribution in [3.63, 3.8) is 0 Å². The van der Waals surface area contributed by atoms with Gasteiger partial charge in [0, 0.05) is 5.56 Å². The molecule has 144 valence electrons. The van der Waals surface area contributed by atoms with Crippen molar-refractivity contribution in [3.8, 4) is 0 Å². The predicted molar refractivity (Wildman–Crippen MR) is 107 cm³/mol. The van der Waals surface area contributed by atoms with Crippen LogP contribution in [-0.2, 0) is 14.3 Å². The molecule has 0 saturated carbocycles. The second kappa shape index (κ2) is 8.49. The van der Waals surface area contributed by atoms with Gasteiger partial charge in [-0.2, -0.15) is 0 Å². The fourth-order valence-corrected chi connectivity index (χ4v) is 2.91. The minimum Gasteiger partial charge on any atom is -0.370 e. The fraction of sp³-hybridized carbons (Fsp3) is 0.190. The maximum absolute atomic E-state index is 12.7. The molecule has 0 unspecified atom stereocenters. The monoisotopic (exact) mass is 379 g/mol. The number of primary amides is 1. The number of ether oxygens (including phenoxy) is 1. The molecule has 7 nitrogen and oxygen atoms in total. The van der Waals surface area contributed by atoms with Crippen molar-refractivity contribution in [2.45, 2.75) is 19.4 Å². The van der Waals surface area contributed by atoms with Crippen LogP contribution in [0.4, 0.5) is 11.4 Å². The molecule has 3 amide bonds. The van der Waals surface area contributed by atoms with Gasteiger partial charge in [-0.15, -0.1) is 0 Å². The zero-order chi connectivity index (χ0) is 20.1. The van der Waals surface area contributed by atoms with Crippen LogP contribution in [0.1, 0.15) is 27.9 Å². The van der Waals surface area contributed by atoms with Gasteiger partial charge in [0.25, 0.3) is 11.8 Å². The summed E-state index contributed by atoms with van der Waals surface area (Å²) >= 11 is 0. The van der Waals surface area contributed by atoms with Crippen LogP contribution in [-0.4, -0.2) is 30.4 Å². The zero-order valence-corrected chi connectivity index (χ0v) is 15.4. The Morgan fingerprint density at radius 2 is 1.86 bits per heavy atom. The molecule has 2 aromatic carbocycles. The quantitative estimate of drug-likeness (QED) is 0.744. The Kier molecular flexibility index (Phi) is 5.86. The maximum Gasteiger partial charge on any atom is 0.255 e. The average Bonchev–Trinajstić information content (AvgIpc) is 2.64. The average molecular weight is 379 g/mol. The lowest BCUT2D eigenvalue weighted by Gasteiger charge is -2.18. The Bertz CT molecular complexity index is 952. The maximum atomic E-state index is 12.7. The number of nitrogens with one attached hydrogen (secondary N) is 2. The number of aryl methyl sites for hydroxylation is 1. The molecular formula is C21H21N3O4. The fourth-order valence-electron chi connectivity index (χ4n) is 2.91. The van der Waals surface area contributed by atoms with E-state index in [-0.39, 0.29) is 18.9 Å². The summed E-state index contributed by atoms with van der Waals surface area (Å²) in [5.74, 6) is -1.45. The summed E-state index contributed by atoms with van der Waals surface area (Å²) in [5, 5.41) is 5.51. The third-order valence-corrected chi connectivity index (χ3v) is 4.18. The van der Waals surface area contributed by atoms with E-state index in [1.165, 1.54) is 0 Å². The molecule has 7 heteroatoms. The molecule has 28 heavy (non-hydrogen) atoms. The van der Waals surface area contributed by atoms with Crippen molar-refractivity contribution in [1.29, 1.82) is 0 Å². The minimum absolute atomic E-state index is 0.114. The molecule has 0 saturated heterocycles. The van der Waals surface area contributed by atoms with Crippen LogP contribution in [0.2, 0.25) is 0 Å². The summed E-state index contributed by atoms with van der Waals surface area (Å²) < 4.78 is 5.56. The first-order chi connectivity index (χ1) is 13.4. The molecular weight excluding hydrogens is 358 g/mol. The largest absolute Gasteiger partial charge is 0.370 e. The van der Waals surface area contributed by atoms with E-state index in [2.05, 4.69) is 10.6 Å². The van der Waals surface area contributed by atoms with Crippen molar-refractivity contribution in [2.75, 3.05) is 17.2 Å². The summed E-state index contributed by atoms with van der Waals surface area (Å²) in [6, 6.07) is 12.3. The van der Waals surface area contributed by atoms with Gasteiger partial charge in [0.2, 0.25) is 5.91 Å². The SMILES string of the molecule is Cc1cc2cc(c1)C(=O)Nc1ccccc1NC(=O)[C@H](CC(N)=O)OCC=C2.